The highest BCUT2D eigenvalue weighted by molar-refractivity contribution is 5.86. The number of carboxylic acid groups (broad SMARTS) is 1. The summed E-state index contributed by atoms with van der Waals surface area (Å²) in [5.74, 6) is 0.0192. The van der Waals surface area contributed by atoms with Gasteiger partial charge in [0.1, 0.15) is 0 Å². The third-order valence-corrected chi connectivity index (χ3v) is 3.26. The van der Waals surface area contributed by atoms with Crippen LogP contribution in [0.15, 0.2) is 29.3 Å². The van der Waals surface area contributed by atoms with Gasteiger partial charge in [0.05, 0.1) is 18.2 Å². The minimum atomic E-state index is -0.793. The highest BCUT2D eigenvalue weighted by Gasteiger charge is 2.31. The fourth-order valence-corrected chi connectivity index (χ4v) is 2.45. The van der Waals surface area contributed by atoms with E-state index < -0.39 is 5.97 Å². The van der Waals surface area contributed by atoms with Crippen LogP contribution in [0.1, 0.15) is 24.9 Å². The van der Waals surface area contributed by atoms with Crippen molar-refractivity contribution in [3.8, 4) is 0 Å². The molecule has 1 unspecified atom stereocenters. The molecule has 1 atom stereocenters. The lowest BCUT2D eigenvalue weighted by atomic mass is 9.98. The molecule has 19 heavy (non-hydrogen) atoms. The number of carbonyl (C=O) groups is 1. The van der Waals surface area contributed by atoms with E-state index in [-0.39, 0.29) is 12.5 Å². The van der Waals surface area contributed by atoms with Gasteiger partial charge in [-0.05, 0) is 13.0 Å². The van der Waals surface area contributed by atoms with E-state index in [1.807, 2.05) is 55.1 Å². The molecular formula is C14H19N3O2. The standard InChI is InChI=1S/C14H19N3O2/c1-4-17-12(9-13(18)19)10-7-5-6-8-11(10)15-14(17)16(2)3/h5-8,12H,4,9H2,1-3H3,(H,18,19). The zero-order valence-corrected chi connectivity index (χ0v) is 11.5. The maximum atomic E-state index is 11.1. The second kappa shape index (κ2) is 5.30. The SMILES string of the molecule is CCN1C(N(C)C)=Nc2ccccc2C1CC(=O)O. The third kappa shape index (κ3) is 2.54. The molecule has 0 fully saturated rings. The van der Waals surface area contributed by atoms with E-state index in [2.05, 4.69) is 4.99 Å². The van der Waals surface area contributed by atoms with Crippen molar-refractivity contribution in [2.75, 3.05) is 20.6 Å². The number of aliphatic carboxylic acids is 1. The molecule has 0 radical (unpaired) electrons. The number of aliphatic imine (C=N–C) groups is 1. The first-order chi connectivity index (χ1) is 9.04. The molecule has 0 aromatic heterocycles. The van der Waals surface area contributed by atoms with Gasteiger partial charge < -0.3 is 14.9 Å². The van der Waals surface area contributed by atoms with Crippen LogP contribution >= 0.6 is 0 Å². The van der Waals surface area contributed by atoms with Gasteiger partial charge >= 0.3 is 5.97 Å². The summed E-state index contributed by atoms with van der Waals surface area (Å²) in [5.41, 5.74) is 1.85. The van der Waals surface area contributed by atoms with Crippen molar-refractivity contribution >= 4 is 17.6 Å². The van der Waals surface area contributed by atoms with Crippen molar-refractivity contribution < 1.29 is 9.90 Å². The Bertz CT molecular complexity index is 511. The molecule has 0 spiro atoms. The predicted molar refractivity (Wildman–Crippen MR) is 74.6 cm³/mol. The minimum absolute atomic E-state index is 0.0811. The molecule has 1 aromatic carbocycles. The van der Waals surface area contributed by atoms with Gasteiger partial charge in [0, 0.05) is 26.2 Å². The van der Waals surface area contributed by atoms with Gasteiger partial charge in [-0.2, -0.15) is 0 Å². The van der Waals surface area contributed by atoms with Crippen LogP contribution in [-0.2, 0) is 4.79 Å². The molecule has 0 amide bonds. The van der Waals surface area contributed by atoms with Crippen molar-refractivity contribution in [3.05, 3.63) is 29.8 Å². The normalized spacial score (nSPS) is 17.7. The molecule has 1 aliphatic rings. The van der Waals surface area contributed by atoms with Crippen molar-refractivity contribution in [2.45, 2.75) is 19.4 Å². The second-order valence-electron chi connectivity index (χ2n) is 4.76. The molecule has 5 heteroatoms. The van der Waals surface area contributed by atoms with Crippen LogP contribution in [0, 0.1) is 0 Å². The highest BCUT2D eigenvalue weighted by Crippen LogP contribution is 2.36. The van der Waals surface area contributed by atoms with E-state index in [0.29, 0.717) is 0 Å². The average Bonchev–Trinajstić information content (AvgIpc) is 2.37. The molecule has 1 N–H and O–H groups in total. The maximum absolute atomic E-state index is 11.1. The number of para-hydroxylation sites is 1. The maximum Gasteiger partial charge on any atom is 0.305 e. The Hall–Kier alpha value is -2.04. The lowest BCUT2D eigenvalue weighted by Gasteiger charge is -2.39. The Kier molecular flexibility index (Phi) is 3.74. The summed E-state index contributed by atoms with van der Waals surface area (Å²) in [7, 11) is 3.85. The molecule has 0 saturated heterocycles. The molecule has 0 bridgehead atoms. The number of hydrogen-bond donors (Lipinski definition) is 1. The average molecular weight is 261 g/mol. The monoisotopic (exact) mass is 261 g/mol. The lowest BCUT2D eigenvalue weighted by molar-refractivity contribution is -0.138. The van der Waals surface area contributed by atoms with Gasteiger partial charge in [0.25, 0.3) is 0 Å². The Labute approximate surface area is 113 Å². The Morgan fingerprint density at radius 1 is 1.42 bits per heavy atom. The number of benzene rings is 1. The Morgan fingerprint density at radius 2 is 2.11 bits per heavy atom. The van der Waals surface area contributed by atoms with Gasteiger partial charge in [-0.3, -0.25) is 4.79 Å². The quantitative estimate of drug-likeness (QED) is 0.905. The van der Waals surface area contributed by atoms with Gasteiger partial charge in [-0.25, -0.2) is 4.99 Å². The molecule has 0 saturated carbocycles. The summed E-state index contributed by atoms with van der Waals surface area (Å²) in [6, 6.07) is 7.59. The van der Waals surface area contributed by atoms with E-state index in [9.17, 15) is 4.79 Å². The van der Waals surface area contributed by atoms with Crippen LogP contribution in [0.4, 0.5) is 5.69 Å². The summed E-state index contributed by atoms with van der Waals surface area (Å²) < 4.78 is 0. The first kappa shape index (κ1) is 13.4. The van der Waals surface area contributed by atoms with E-state index in [4.69, 9.17) is 5.11 Å². The Balaban J connectivity index is 2.51. The fraction of sp³-hybridized carbons (Fsp3) is 0.429. The molecule has 1 aromatic rings. The molecule has 1 aliphatic heterocycles. The van der Waals surface area contributed by atoms with Crippen LogP contribution in [-0.4, -0.2) is 47.5 Å². The minimum Gasteiger partial charge on any atom is -0.481 e. The summed E-state index contributed by atoms with van der Waals surface area (Å²) >= 11 is 0. The summed E-state index contributed by atoms with van der Waals surface area (Å²) in [5, 5.41) is 9.15. The zero-order valence-electron chi connectivity index (χ0n) is 11.5. The van der Waals surface area contributed by atoms with E-state index in [1.54, 1.807) is 0 Å². The second-order valence-corrected chi connectivity index (χ2v) is 4.76. The topological polar surface area (TPSA) is 56.1 Å². The van der Waals surface area contributed by atoms with Gasteiger partial charge in [-0.1, -0.05) is 18.2 Å². The molecule has 2 rings (SSSR count). The molecule has 5 nitrogen and oxygen atoms in total. The molecule has 102 valence electrons. The lowest BCUT2D eigenvalue weighted by Crippen LogP contribution is -2.45. The third-order valence-electron chi connectivity index (χ3n) is 3.26. The molecule has 1 heterocycles. The largest absolute Gasteiger partial charge is 0.481 e. The Morgan fingerprint density at radius 3 is 2.68 bits per heavy atom. The molecule has 0 aliphatic carbocycles. The molecular weight excluding hydrogens is 242 g/mol. The van der Waals surface area contributed by atoms with E-state index in [0.717, 1.165) is 23.8 Å². The van der Waals surface area contributed by atoms with E-state index >= 15 is 0 Å². The summed E-state index contributed by atoms with van der Waals surface area (Å²) in [6.07, 6.45) is 0.0811. The summed E-state index contributed by atoms with van der Waals surface area (Å²) in [4.78, 5) is 19.7. The number of hydrogen-bond acceptors (Lipinski definition) is 4. The van der Waals surface area contributed by atoms with Gasteiger partial charge in [-0.15, -0.1) is 0 Å². The fourth-order valence-electron chi connectivity index (χ4n) is 2.45. The first-order valence-electron chi connectivity index (χ1n) is 6.38. The predicted octanol–water partition coefficient (Wildman–Crippen LogP) is 2.09. The van der Waals surface area contributed by atoms with Crippen molar-refractivity contribution in [1.82, 2.24) is 9.80 Å². The zero-order chi connectivity index (χ0) is 14.0. The summed E-state index contributed by atoms with van der Waals surface area (Å²) in [6.45, 7) is 2.74. The first-order valence-corrected chi connectivity index (χ1v) is 6.38. The number of fused-ring (bicyclic) bond motifs is 1. The van der Waals surface area contributed by atoms with E-state index in [1.165, 1.54) is 0 Å². The van der Waals surface area contributed by atoms with Gasteiger partial charge in [0.2, 0.25) is 5.96 Å². The van der Waals surface area contributed by atoms with Crippen LogP contribution in [0.5, 0.6) is 0 Å². The van der Waals surface area contributed by atoms with Crippen molar-refractivity contribution in [2.24, 2.45) is 4.99 Å². The van der Waals surface area contributed by atoms with Crippen LogP contribution in [0.3, 0.4) is 0 Å². The smallest absolute Gasteiger partial charge is 0.305 e. The van der Waals surface area contributed by atoms with Crippen LogP contribution in [0.2, 0.25) is 0 Å². The van der Waals surface area contributed by atoms with Crippen molar-refractivity contribution in [1.29, 1.82) is 0 Å². The van der Waals surface area contributed by atoms with Crippen LogP contribution in [0.25, 0.3) is 0 Å². The van der Waals surface area contributed by atoms with Crippen LogP contribution < -0.4 is 0 Å². The highest BCUT2D eigenvalue weighted by atomic mass is 16.4. The number of rotatable bonds is 3. The number of carboxylic acids is 1. The van der Waals surface area contributed by atoms with Gasteiger partial charge in [0.15, 0.2) is 0 Å². The van der Waals surface area contributed by atoms with Crippen molar-refractivity contribution in [3.63, 3.8) is 0 Å². The number of guanidine groups is 1. The number of nitrogens with zero attached hydrogens (tertiary/aromatic N) is 3.